The molecule has 0 bridgehead atoms. The lowest BCUT2D eigenvalue weighted by Gasteiger charge is -2.34. The van der Waals surface area contributed by atoms with Crippen molar-refractivity contribution in [2.45, 2.75) is 77.1 Å². The van der Waals surface area contributed by atoms with Gasteiger partial charge in [0.25, 0.3) is 5.91 Å². The summed E-state index contributed by atoms with van der Waals surface area (Å²) in [5, 5.41) is 18.3. The number of nitrogens with zero attached hydrogens (tertiary/aromatic N) is 1. The Labute approximate surface area is 293 Å². The smallest absolute Gasteiger partial charge is 0.497 e. The van der Waals surface area contributed by atoms with Gasteiger partial charge in [0.15, 0.2) is 6.29 Å². The minimum Gasteiger partial charge on any atom is -0.497 e. The highest BCUT2D eigenvalue weighted by Gasteiger charge is 2.44. The van der Waals surface area contributed by atoms with E-state index in [1.54, 1.807) is 45.0 Å². The van der Waals surface area contributed by atoms with Crippen LogP contribution < -0.4 is 25.5 Å². The fraction of sp³-hybridized carbons (Fsp3) is 0.559. The number of fused-ring (bicyclic) bond motifs is 1. The molecule has 6 atom stereocenters. The number of carbonyl (C=O) groups excluding carboxylic acids is 3. The number of hydrogen-bond acceptors (Lipinski definition) is 11. The highest BCUT2D eigenvalue weighted by molar-refractivity contribution is 5.86. The van der Waals surface area contributed by atoms with E-state index in [1.807, 2.05) is 0 Å². The molecule has 0 saturated carbocycles. The fourth-order valence-corrected chi connectivity index (χ4v) is 5.76. The van der Waals surface area contributed by atoms with Gasteiger partial charge in [-0.2, -0.15) is 0 Å². The van der Waals surface area contributed by atoms with Gasteiger partial charge in [0.05, 0.1) is 45.5 Å². The molecule has 2 heterocycles. The van der Waals surface area contributed by atoms with Crippen LogP contribution in [0.25, 0.3) is 0 Å². The van der Waals surface area contributed by atoms with Crippen molar-refractivity contribution in [3.8, 4) is 11.5 Å². The van der Waals surface area contributed by atoms with Gasteiger partial charge in [0.1, 0.15) is 23.6 Å². The second kappa shape index (κ2) is 17.3. The van der Waals surface area contributed by atoms with Crippen molar-refractivity contribution in [2.75, 3.05) is 34.0 Å². The van der Waals surface area contributed by atoms with Gasteiger partial charge in [-0.3, -0.25) is 10.2 Å². The van der Waals surface area contributed by atoms with Gasteiger partial charge in [-0.15, -0.1) is 13.2 Å². The van der Waals surface area contributed by atoms with E-state index < -0.39 is 66.2 Å². The van der Waals surface area contributed by atoms with Crippen LogP contribution in [0.1, 0.15) is 38.3 Å². The van der Waals surface area contributed by atoms with Gasteiger partial charge in [-0.1, -0.05) is 45.0 Å². The van der Waals surface area contributed by atoms with Crippen LogP contribution in [-0.4, -0.2) is 99.1 Å². The predicted octanol–water partition coefficient (Wildman–Crippen LogP) is 3.66. The number of amides is 3. The molecule has 2 aromatic carbocycles. The Bertz CT molecular complexity index is 1460. The third-order valence-electron chi connectivity index (χ3n) is 8.41. The molecule has 0 spiro atoms. The molecular weight excluding hydrogens is 681 g/mol. The van der Waals surface area contributed by atoms with Gasteiger partial charge in [-0.05, 0) is 53.6 Å². The number of aliphatic hydroxyl groups excluding tert-OH is 1. The molecule has 14 nitrogen and oxygen atoms in total. The average molecular weight is 727 g/mol. The Morgan fingerprint density at radius 2 is 1.59 bits per heavy atom. The third-order valence-corrected chi connectivity index (χ3v) is 8.41. The van der Waals surface area contributed by atoms with E-state index in [0.717, 1.165) is 24.8 Å². The SMILES string of the molecule is COC(=O)N[C@H](C(=O)NN(Cc1ccc(OC(F)(F)F)cc1)C[C@H](O)[C@H](Cc1ccc(OC)cc1)NC(=O)O[C@H]1CO[C@H]2OCC[C@H]21)C(C)(C)C. The van der Waals surface area contributed by atoms with E-state index in [4.69, 9.17) is 23.7 Å². The standard InChI is InChI=1S/C34H45F3N4O10/c1-33(2,3)28(39-31(44)47-5)29(43)40-41(17-21-8-12-23(13-9-21)51-34(35,36)37)18-26(42)25(16-20-6-10-22(46-4)11-7-20)38-32(45)50-27-19-49-30-24(27)14-15-48-30/h6-13,24-28,30,42H,14-19H2,1-5H3,(H,38,45)(H,39,44)(H,40,43)/t24-,25-,26-,27-,28+,30+/m0/s1. The lowest BCUT2D eigenvalue weighted by molar-refractivity contribution is -0.274. The molecule has 2 aliphatic heterocycles. The molecule has 17 heteroatoms. The summed E-state index contributed by atoms with van der Waals surface area (Å²) >= 11 is 0. The Balaban J connectivity index is 1.57. The monoisotopic (exact) mass is 726 g/mol. The van der Waals surface area contributed by atoms with Crippen LogP contribution in [0.4, 0.5) is 22.8 Å². The van der Waals surface area contributed by atoms with Crippen molar-refractivity contribution in [1.82, 2.24) is 21.1 Å². The average Bonchev–Trinajstić information content (AvgIpc) is 3.68. The van der Waals surface area contributed by atoms with E-state index in [1.165, 1.54) is 24.3 Å². The number of carbonyl (C=O) groups is 3. The molecular formula is C34H45F3N4O10. The molecule has 282 valence electrons. The molecule has 0 radical (unpaired) electrons. The Morgan fingerprint density at radius 3 is 2.20 bits per heavy atom. The topological polar surface area (TPSA) is 166 Å². The number of ether oxygens (including phenoxy) is 6. The largest absolute Gasteiger partial charge is 0.573 e. The molecule has 2 saturated heterocycles. The Morgan fingerprint density at radius 1 is 0.941 bits per heavy atom. The summed E-state index contributed by atoms with van der Waals surface area (Å²) in [6, 6.07) is 9.91. The van der Waals surface area contributed by atoms with E-state index in [9.17, 15) is 32.7 Å². The van der Waals surface area contributed by atoms with Crippen LogP contribution in [0.15, 0.2) is 48.5 Å². The van der Waals surface area contributed by atoms with Gasteiger partial charge in [0, 0.05) is 13.1 Å². The molecule has 2 fully saturated rings. The van der Waals surface area contributed by atoms with Crippen LogP contribution >= 0.6 is 0 Å². The van der Waals surface area contributed by atoms with Crippen LogP contribution in [0.3, 0.4) is 0 Å². The quantitative estimate of drug-likeness (QED) is 0.210. The van der Waals surface area contributed by atoms with Gasteiger partial charge in [0.2, 0.25) is 0 Å². The summed E-state index contributed by atoms with van der Waals surface area (Å²) in [5.41, 5.74) is 3.10. The number of methoxy groups -OCH3 is 2. The lowest BCUT2D eigenvalue weighted by Crippen LogP contribution is -2.59. The highest BCUT2D eigenvalue weighted by Crippen LogP contribution is 2.33. The van der Waals surface area contributed by atoms with Crippen molar-refractivity contribution in [3.63, 3.8) is 0 Å². The van der Waals surface area contributed by atoms with Gasteiger partial charge >= 0.3 is 18.5 Å². The van der Waals surface area contributed by atoms with Crippen molar-refractivity contribution in [3.05, 3.63) is 59.7 Å². The van der Waals surface area contributed by atoms with Gasteiger partial charge < -0.3 is 44.2 Å². The first kappa shape index (κ1) is 39.5. The second-order valence-corrected chi connectivity index (χ2v) is 13.3. The first-order valence-electron chi connectivity index (χ1n) is 16.3. The molecule has 0 unspecified atom stereocenters. The zero-order valence-electron chi connectivity index (χ0n) is 29.0. The number of hydrazine groups is 1. The van der Waals surface area contributed by atoms with E-state index in [0.29, 0.717) is 24.3 Å². The van der Waals surface area contributed by atoms with E-state index in [2.05, 4.69) is 20.8 Å². The predicted molar refractivity (Wildman–Crippen MR) is 174 cm³/mol. The maximum atomic E-state index is 13.6. The van der Waals surface area contributed by atoms with Crippen LogP contribution in [-0.2, 0) is 36.7 Å². The first-order chi connectivity index (χ1) is 24.0. The first-order valence-corrected chi connectivity index (χ1v) is 16.3. The van der Waals surface area contributed by atoms with Crippen LogP contribution in [0.5, 0.6) is 11.5 Å². The minimum atomic E-state index is -4.88. The van der Waals surface area contributed by atoms with Crippen molar-refractivity contribution in [1.29, 1.82) is 0 Å². The Hall–Kier alpha value is -4.32. The maximum Gasteiger partial charge on any atom is 0.573 e. The third kappa shape index (κ3) is 11.9. The zero-order chi connectivity index (χ0) is 37.3. The Kier molecular flexibility index (Phi) is 13.4. The second-order valence-electron chi connectivity index (χ2n) is 13.3. The molecule has 4 N–H and O–H groups in total. The van der Waals surface area contributed by atoms with E-state index in [-0.39, 0.29) is 32.0 Å². The number of benzene rings is 2. The summed E-state index contributed by atoms with van der Waals surface area (Å²) in [6.45, 7) is 5.43. The summed E-state index contributed by atoms with van der Waals surface area (Å²) in [6.07, 6.45) is -8.06. The zero-order valence-corrected chi connectivity index (χ0v) is 29.0. The number of aliphatic hydroxyl groups is 1. The molecule has 3 amide bonds. The number of rotatable bonds is 14. The summed E-state index contributed by atoms with van der Waals surface area (Å²) in [7, 11) is 2.68. The number of alkyl halides is 3. The molecule has 51 heavy (non-hydrogen) atoms. The summed E-state index contributed by atoms with van der Waals surface area (Å²) in [5.74, 6) is -0.617. The summed E-state index contributed by atoms with van der Waals surface area (Å²) in [4.78, 5) is 39.0. The fourth-order valence-electron chi connectivity index (χ4n) is 5.76. The lowest BCUT2D eigenvalue weighted by atomic mass is 9.86. The van der Waals surface area contributed by atoms with Crippen molar-refractivity contribution >= 4 is 18.1 Å². The molecule has 0 aromatic heterocycles. The molecule has 0 aliphatic carbocycles. The van der Waals surface area contributed by atoms with Crippen LogP contribution in [0, 0.1) is 11.3 Å². The number of nitrogens with one attached hydrogen (secondary N) is 3. The van der Waals surface area contributed by atoms with Gasteiger partial charge in [-0.25, -0.2) is 14.6 Å². The van der Waals surface area contributed by atoms with E-state index >= 15 is 0 Å². The minimum absolute atomic E-state index is 0.105. The highest BCUT2D eigenvalue weighted by atomic mass is 19.4. The van der Waals surface area contributed by atoms with Crippen molar-refractivity contribution < 1.29 is 61.1 Å². The number of hydrogen-bond donors (Lipinski definition) is 4. The molecule has 2 aromatic rings. The number of alkyl carbamates (subject to hydrolysis) is 2. The molecule has 4 rings (SSSR count). The molecule has 2 aliphatic rings. The van der Waals surface area contributed by atoms with Crippen LogP contribution in [0.2, 0.25) is 0 Å². The maximum absolute atomic E-state index is 13.6. The van der Waals surface area contributed by atoms with Crippen molar-refractivity contribution in [2.24, 2.45) is 11.3 Å². The number of halogens is 3. The normalized spacial score (nSPS) is 20.5. The summed E-state index contributed by atoms with van der Waals surface area (Å²) < 4.78 is 69.0.